The van der Waals surface area contributed by atoms with E-state index in [4.69, 9.17) is 23.2 Å². The molecule has 7 heteroatoms. The van der Waals surface area contributed by atoms with Gasteiger partial charge >= 0.3 is 6.03 Å². The number of halogens is 2. The molecule has 5 nitrogen and oxygen atoms in total. The Morgan fingerprint density at radius 2 is 1.96 bits per heavy atom. The molecule has 0 unspecified atom stereocenters. The van der Waals surface area contributed by atoms with Crippen LogP contribution in [0.2, 0.25) is 10.0 Å². The molecule has 24 heavy (non-hydrogen) atoms. The summed E-state index contributed by atoms with van der Waals surface area (Å²) < 4.78 is 0. The quantitative estimate of drug-likeness (QED) is 0.840. The number of nitrogens with zero attached hydrogens (tertiary/aromatic N) is 2. The number of carbonyl (C=O) groups excluding carboxylic acids is 1. The fourth-order valence-electron chi connectivity index (χ4n) is 2.11. The average Bonchev–Trinajstić information content (AvgIpc) is 2.55. The summed E-state index contributed by atoms with van der Waals surface area (Å²) in [6, 6.07) is 8.67. The minimum absolute atomic E-state index is 0.186. The normalized spacial score (nSPS) is 11.7. The topological polar surface area (TPSA) is 57.3 Å². The third-order valence-corrected chi connectivity index (χ3v) is 4.25. The maximum absolute atomic E-state index is 12.1. The molecule has 2 amide bonds. The number of urea groups is 1. The lowest BCUT2D eigenvalue weighted by atomic mass is 10.1. The van der Waals surface area contributed by atoms with E-state index in [1.807, 2.05) is 44.1 Å². The molecule has 128 valence electrons. The number of amides is 2. The zero-order valence-electron chi connectivity index (χ0n) is 13.8. The van der Waals surface area contributed by atoms with Crippen LogP contribution >= 0.6 is 23.2 Å². The van der Waals surface area contributed by atoms with E-state index in [1.165, 1.54) is 0 Å². The first-order chi connectivity index (χ1) is 11.4. The van der Waals surface area contributed by atoms with E-state index in [1.54, 1.807) is 18.3 Å². The molecule has 0 bridgehead atoms. The van der Waals surface area contributed by atoms with Crippen LogP contribution in [0.4, 0.5) is 10.6 Å². The van der Waals surface area contributed by atoms with Gasteiger partial charge in [-0.2, -0.15) is 0 Å². The van der Waals surface area contributed by atoms with Crippen LogP contribution in [0.3, 0.4) is 0 Å². The monoisotopic (exact) mass is 366 g/mol. The zero-order valence-corrected chi connectivity index (χ0v) is 15.3. The maximum atomic E-state index is 12.1. The van der Waals surface area contributed by atoms with Crippen molar-refractivity contribution >= 4 is 35.1 Å². The summed E-state index contributed by atoms with van der Waals surface area (Å²) >= 11 is 11.9. The lowest BCUT2D eigenvalue weighted by molar-refractivity contribution is 0.237. The van der Waals surface area contributed by atoms with Crippen LogP contribution < -0.4 is 15.5 Å². The van der Waals surface area contributed by atoms with Crippen LogP contribution in [-0.4, -0.2) is 25.1 Å². The van der Waals surface area contributed by atoms with Gasteiger partial charge in [0.2, 0.25) is 0 Å². The molecule has 2 aromatic rings. The molecule has 0 radical (unpaired) electrons. The van der Waals surface area contributed by atoms with Crippen molar-refractivity contribution in [1.82, 2.24) is 15.6 Å². The minimum atomic E-state index is -0.253. The van der Waals surface area contributed by atoms with Gasteiger partial charge in [-0.25, -0.2) is 9.78 Å². The number of hydrogen-bond donors (Lipinski definition) is 2. The van der Waals surface area contributed by atoms with Crippen LogP contribution in [-0.2, 0) is 6.54 Å². The molecule has 1 aromatic carbocycles. The second-order valence-corrected chi connectivity index (χ2v) is 6.45. The highest BCUT2D eigenvalue weighted by molar-refractivity contribution is 6.42. The smallest absolute Gasteiger partial charge is 0.315 e. The maximum Gasteiger partial charge on any atom is 0.315 e. The van der Waals surface area contributed by atoms with E-state index in [0.717, 1.165) is 16.9 Å². The van der Waals surface area contributed by atoms with Crippen LogP contribution in [0.25, 0.3) is 0 Å². The molecule has 0 aliphatic carbocycles. The molecule has 0 spiro atoms. The first-order valence-corrected chi connectivity index (χ1v) is 8.24. The summed E-state index contributed by atoms with van der Waals surface area (Å²) in [5, 5.41) is 6.67. The van der Waals surface area contributed by atoms with Gasteiger partial charge in [-0.05, 0) is 42.3 Å². The molecule has 1 atom stereocenters. The molecular weight excluding hydrogens is 347 g/mol. The Morgan fingerprint density at radius 1 is 1.21 bits per heavy atom. The number of nitrogens with one attached hydrogen (secondary N) is 2. The van der Waals surface area contributed by atoms with Gasteiger partial charge in [0.05, 0.1) is 16.1 Å². The third-order valence-electron chi connectivity index (χ3n) is 3.51. The van der Waals surface area contributed by atoms with Gasteiger partial charge in [-0.1, -0.05) is 29.3 Å². The van der Waals surface area contributed by atoms with Crippen LogP contribution in [0.5, 0.6) is 0 Å². The predicted molar refractivity (Wildman–Crippen MR) is 98.8 cm³/mol. The Kier molecular flexibility index (Phi) is 6.29. The molecule has 0 aliphatic rings. The van der Waals surface area contributed by atoms with Crippen LogP contribution in [0.1, 0.15) is 24.1 Å². The SMILES string of the molecule is C[C@H](NC(=O)NCc1ccnc(N(C)C)c1)c1ccc(Cl)c(Cl)c1. The van der Waals surface area contributed by atoms with Gasteiger partial charge in [0.15, 0.2) is 0 Å². The van der Waals surface area contributed by atoms with Gasteiger partial charge in [0.1, 0.15) is 5.82 Å². The van der Waals surface area contributed by atoms with Crippen LogP contribution in [0, 0.1) is 0 Å². The highest BCUT2D eigenvalue weighted by Crippen LogP contribution is 2.25. The Hall–Kier alpha value is -1.98. The van der Waals surface area contributed by atoms with Crippen molar-refractivity contribution in [3.63, 3.8) is 0 Å². The van der Waals surface area contributed by atoms with E-state index in [2.05, 4.69) is 15.6 Å². The van der Waals surface area contributed by atoms with Gasteiger partial charge in [-0.3, -0.25) is 0 Å². The van der Waals surface area contributed by atoms with E-state index < -0.39 is 0 Å². The summed E-state index contributed by atoms with van der Waals surface area (Å²) in [5.74, 6) is 0.846. The van der Waals surface area contributed by atoms with Gasteiger partial charge in [-0.15, -0.1) is 0 Å². The summed E-state index contributed by atoms with van der Waals surface area (Å²) in [6.45, 7) is 2.30. The molecule has 2 rings (SSSR count). The Balaban J connectivity index is 1.91. The molecular formula is C17H20Cl2N4O. The first-order valence-electron chi connectivity index (χ1n) is 7.48. The number of aromatic nitrogens is 1. The van der Waals surface area contributed by atoms with Crippen molar-refractivity contribution < 1.29 is 4.79 Å². The fraction of sp³-hybridized carbons (Fsp3) is 0.294. The van der Waals surface area contributed by atoms with E-state index in [0.29, 0.717) is 16.6 Å². The second-order valence-electron chi connectivity index (χ2n) is 5.64. The summed E-state index contributed by atoms with van der Waals surface area (Å²) in [6.07, 6.45) is 1.72. The van der Waals surface area contributed by atoms with Crippen molar-refractivity contribution in [3.8, 4) is 0 Å². The molecule has 0 saturated carbocycles. The summed E-state index contributed by atoms with van der Waals surface area (Å²) in [7, 11) is 3.84. The van der Waals surface area contributed by atoms with Crippen LogP contribution in [0.15, 0.2) is 36.5 Å². The number of anilines is 1. The molecule has 0 fully saturated rings. The predicted octanol–water partition coefficient (Wildman–Crippen LogP) is 4.01. The number of carbonyl (C=O) groups is 1. The van der Waals surface area contributed by atoms with Gasteiger partial charge in [0, 0.05) is 26.8 Å². The van der Waals surface area contributed by atoms with Crippen molar-refractivity contribution in [3.05, 3.63) is 57.7 Å². The van der Waals surface area contributed by atoms with Crippen molar-refractivity contribution in [2.75, 3.05) is 19.0 Å². The van der Waals surface area contributed by atoms with Crippen molar-refractivity contribution in [2.45, 2.75) is 19.5 Å². The highest BCUT2D eigenvalue weighted by Gasteiger charge is 2.11. The van der Waals surface area contributed by atoms with Gasteiger partial charge in [0.25, 0.3) is 0 Å². The molecule has 0 saturated heterocycles. The second kappa shape index (κ2) is 8.22. The third kappa shape index (κ3) is 5.01. The molecule has 2 N–H and O–H groups in total. The standard InChI is InChI=1S/C17H20Cl2N4O/c1-11(13-4-5-14(18)15(19)9-13)22-17(24)21-10-12-6-7-20-16(8-12)23(2)3/h4-9,11H,10H2,1-3H3,(H2,21,22,24)/t11-/m0/s1. The lowest BCUT2D eigenvalue weighted by Crippen LogP contribution is -2.36. The zero-order chi connectivity index (χ0) is 17.7. The molecule has 0 aliphatic heterocycles. The fourth-order valence-corrected chi connectivity index (χ4v) is 2.42. The number of rotatable bonds is 5. The Labute approximate surface area is 152 Å². The van der Waals surface area contributed by atoms with Crippen molar-refractivity contribution in [2.24, 2.45) is 0 Å². The Bertz CT molecular complexity index is 721. The number of benzene rings is 1. The van der Waals surface area contributed by atoms with Crippen molar-refractivity contribution in [1.29, 1.82) is 0 Å². The number of hydrogen-bond acceptors (Lipinski definition) is 3. The highest BCUT2D eigenvalue weighted by atomic mass is 35.5. The minimum Gasteiger partial charge on any atom is -0.363 e. The average molecular weight is 367 g/mol. The summed E-state index contributed by atoms with van der Waals surface area (Å²) in [5.41, 5.74) is 1.87. The first kappa shape index (κ1) is 18.4. The summed E-state index contributed by atoms with van der Waals surface area (Å²) in [4.78, 5) is 18.2. The van der Waals surface area contributed by atoms with E-state index >= 15 is 0 Å². The largest absolute Gasteiger partial charge is 0.363 e. The lowest BCUT2D eigenvalue weighted by Gasteiger charge is -2.16. The molecule has 1 aromatic heterocycles. The van der Waals surface area contributed by atoms with Gasteiger partial charge < -0.3 is 15.5 Å². The van der Waals surface area contributed by atoms with E-state index in [9.17, 15) is 4.79 Å². The molecule has 1 heterocycles. The number of pyridine rings is 1. The van der Waals surface area contributed by atoms with E-state index in [-0.39, 0.29) is 12.1 Å². The Morgan fingerprint density at radius 3 is 2.62 bits per heavy atom.